The number of hydrogen-bond acceptors (Lipinski definition) is 15. The number of aliphatic hydroxyl groups is 4. The summed E-state index contributed by atoms with van der Waals surface area (Å²) in [5, 5.41) is 80.3. The molecular formula is C29H34O15. The fourth-order valence-corrected chi connectivity index (χ4v) is 5.19. The second-order valence-corrected chi connectivity index (χ2v) is 10.7. The molecular weight excluding hydrogens is 588 g/mol. The molecule has 240 valence electrons. The summed E-state index contributed by atoms with van der Waals surface area (Å²) in [6.45, 7) is 0.713. The monoisotopic (exact) mass is 622 g/mol. The van der Waals surface area contributed by atoms with Gasteiger partial charge in [-0.15, -0.1) is 0 Å². The van der Waals surface area contributed by atoms with Crippen LogP contribution in [0.1, 0.15) is 24.2 Å². The van der Waals surface area contributed by atoms with Crippen molar-refractivity contribution in [2.24, 2.45) is 0 Å². The van der Waals surface area contributed by atoms with Crippen molar-refractivity contribution < 1.29 is 74.1 Å². The number of carbonyl (C=O) groups excluding carboxylic acids is 1. The molecule has 3 aliphatic heterocycles. The van der Waals surface area contributed by atoms with Crippen molar-refractivity contribution in [3.8, 4) is 23.0 Å². The van der Waals surface area contributed by atoms with Crippen molar-refractivity contribution >= 4 is 12.0 Å². The zero-order valence-electron chi connectivity index (χ0n) is 23.3. The first-order valence-corrected chi connectivity index (χ1v) is 13.8. The Hall–Kier alpha value is -3.51. The molecule has 0 bridgehead atoms. The van der Waals surface area contributed by atoms with Crippen LogP contribution in [0.2, 0.25) is 0 Å². The molecule has 3 fully saturated rings. The Labute approximate surface area is 250 Å². The molecule has 0 aliphatic carbocycles. The van der Waals surface area contributed by atoms with Crippen molar-refractivity contribution in [2.45, 2.75) is 74.4 Å². The number of fused-ring (bicyclic) bond motifs is 1. The fourth-order valence-electron chi connectivity index (χ4n) is 5.19. The van der Waals surface area contributed by atoms with Gasteiger partial charge in [0.15, 0.2) is 41.7 Å². The molecule has 0 amide bonds. The molecule has 0 spiro atoms. The van der Waals surface area contributed by atoms with E-state index in [0.717, 1.165) is 6.08 Å². The lowest BCUT2D eigenvalue weighted by Crippen LogP contribution is -2.66. The molecule has 0 aromatic heterocycles. The normalized spacial score (nSPS) is 35.7. The maximum Gasteiger partial charge on any atom is 0.331 e. The Morgan fingerprint density at radius 1 is 0.886 bits per heavy atom. The van der Waals surface area contributed by atoms with Gasteiger partial charge in [0, 0.05) is 6.08 Å². The maximum atomic E-state index is 13.0. The highest BCUT2D eigenvalue weighted by Gasteiger charge is 2.55. The lowest BCUT2D eigenvalue weighted by Gasteiger charge is -2.50. The molecule has 2 aromatic carbocycles. The highest BCUT2D eigenvalue weighted by Crippen LogP contribution is 2.39. The largest absolute Gasteiger partial charge is 0.504 e. The zero-order chi connectivity index (χ0) is 31.7. The summed E-state index contributed by atoms with van der Waals surface area (Å²) >= 11 is 0. The number of ether oxygens (including phenoxy) is 6. The second kappa shape index (κ2) is 13.2. The summed E-state index contributed by atoms with van der Waals surface area (Å²) in [7, 11) is 0. The first-order chi connectivity index (χ1) is 21.0. The van der Waals surface area contributed by atoms with Gasteiger partial charge in [0.05, 0.1) is 19.3 Å². The van der Waals surface area contributed by atoms with E-state index in [-0.39, 0.29) is 18.1 Å². The summed E-state index contributed by atoms with van der Waals surface area (Å²) in [5.41, 5.74) is 0.768. The van der Waals surface area contributed by atoms with Crippen molar-refractivity contribution in [2.75, 3.05) is 13.2 Å². The molecule has 0 unspecified atom stereocenters. The van der Waals surface area contributed by atoms with Crippen molar-refractivity contribution in [3.63, 3.8) is 0 Å². The third kappa shape index (κ3) is 6.61. The molecule has 3 saturated heterocycles. The van der Waals surface area contributed by atoms with Crippen LogP contribution in [0.15, 0.2) is 42.5 Å². The lowest BCUT2D eigenvalue weighted by atomic mass is 9.95. The summed E-state index contributed by atoms with van der Waals surface area (Å²) in [6.07, 6.45) is -12.2. The number of phenolic OH excluding ortho intramolecular Hbond substituents is 4. The van der Waals surface area contributed by atoms with E-state index in [4.69, 9.17) is 28.4 Å². The standard InChI is InChI=1S/C29H34O15/c1-12-22(36)23(37)24(38)28(40-12)44-26-25(43-21(35)7-3-13-2-5-15(31)17(33)8-13)19(10-30)42-29-27(26)41-20(11-39-29)14-4-6-16(32)18(34)9-14/h2-9,12,19-20,22-34,36-38H,10-11H2,1H3/t12-,19+,20+,22-,23+,24+,25+,26-,27+,28-,29+/m0/s1. The van der Waals surface area contributed by atoms with Gasteiger partial charge in [0.2, 0.25) is 0 Å². The van der Waals surface area contributed by atoms with Crippen LogP contribution in [0.4, 0.5) is 0 Å². The van der Waals surface area contributed by atoms with E-state index in [1.807, 2.05) is 0 Å². The van der Waals surface area contributed by atoms with E-state index in [2.05, 4.69) is 0 Å². The van der Waals surface area contributed by atoms with Gasteiger partial charge in [-0.25, -0.2) is 4.79 Å². The minimum absolute atomic E-state index is 0.0760. The maximum absolute atomic E-state index is 13.0. The summed E-state index contributed by atoms with van der Waals surface area (Å²) in [5.74, 6) is -2.43. The topological polar surface area (TPSA) is 234 Å². The van der Waals surface area contributed by atoms with E-state index in [9.17, 15) is 45.6 Å². The molecule has 44 heavy (non-hydrogen) atoms. The fraction of sp³-hybridized carbons (Fsp3) is 0.483. The van der Waals surface area contributed by atoms with Gasteiger partial charge >= 0.3 is 5.97 Å². The van der Waals surface area contributed by atoms with E-state index in [0.29, 0.717) is 11.1 Å². The number of esters is 1. The Kier molecular flexibility index (Phi) is 9.59. The van der Waals surface area contributed by atoms with Gasteiger partial charge < -0.3 is 69.3 Å². The van der Waals surface area contributed by atoms with Crippen LogP contribution in [0, 0.1) is 0 Å². The third-order valence-corrected chi connectivity index (χ3v) is 7.64. The molecule has 3 heterocycles. The second-order valence-electron chi connectivity index (χ2n) is 10.7. The Balaban J connectivity index is 1.43. The third-order valence-electron chi connectivity index (χ3n) is 7.64. The Morgan fingerprint density at radius 2 is 1.59 bits per heavy atom. The first-order valence-electron chi connectivity index (χ1n) is 13.8. The molecule has 11 atom stereocenters. The number of carbonyl (C=O) groups is 1. The first kappa shape index (κ1) is 31.9. The zero-order valence-corrected chi connectivity index (χ0v) is 23.3. The van der Waals surface area contributed by atoms with Gasteiger partial charge in [-0.05, 0) is 48.4 Å². The van der Waals surface area contributed by atoms with E-state index in [1.165, 1.54) is 49.4 Å². The molecule has 0 radical (unpaired) electrons. The highest BCUT2D eigenvalue weighted by molar-refractivity contribution is 5.87. The molecule has 8 N–H and O–H groups in total. The van der Waals surface area contributed by atoms with Gasteiger partial charge in [0.25, 0.3) is 0 Å². The molecule has 15 nitrogen and oxygen atoms in total. The van der Waals surface area contributed by atoms with Crippen molar-refractivity contribution in [1.29, 1.82) is 0 Å². The molecule has 2 aromatic rings. The van der Waals surface area contributed by atoms with Crippen LogP contribution in [0.5, 0.6) is 23.0 Å². The number of aliphatic hydroxyl groups excluding tert-OH is 4. The average Bonchev–Trinajstić information content (AvgIpc) is 3.01. The van der Waals surface area contributed by atoms with Gasteiger partial charge in [0.1, 0.15) is 42.7 Å². The van der Waals surface area contributed by atoms with Crippen molar-refractivity contribution in [3.05, 3.63) is 53.6 Å². The van der Waals surface area contributed by atoms with Crippen molar-refractivity contribution in [1.82, 2.24) is 0 Å². The van der Waals surface area contributed by atoms with Gasteiger partial charge in [-0.1, -0.05) is 12.1 Å². The van der Waals surface area contributed by atoms with E-state index in [1.54, 1.807) is 0 Å². The number of phenols is 4. The smallest absolute Gasteiger partial charge is 0.331 e. The number of rotatable bonds is 7. The number of aromatic hydroxyl groups is 4. The quantitative estimate of drug-likeness (QED) is 0.111. The number of benzene rings is 2. The Morgan fingerprint density at radius 3 is 2.27 bits per heavy atom. The number of hydrogen-bond donors (Lipinski definition) is 8. The molecule has 3 aliphatic rings. The molecule has 0 saturated carbocycles. The predicted molar refractivity (Wildman–Crippen MR) is 145 cm³/mol. The van der Waals surface area contributed by atoms with E-state index >= 15 is 0 Å². The summed E-state index contributed by atoms with van der Waals surface area (Å²) < 4.78 is 35.3. The minimum Gasteiger partial charge on any atom is -0.504 e. The van der Waals surface area contributed by atoms with Crippen LogP contribution >= 0.6 is 0 Å². The molecule has 5 rings (SSSR count). The SMILES string of the molecule is C[C@@H]1O[C@@H](O[C@@H]2[C@H]3O[C@@H](c4ccc(O)c(O)c4)CO[C@@H]3O[C@H](CO)[C@H]2OC(=O)C=Cc2ccc(O)c(O)c2)[C@H](O)[C@H](O)[C@H]1O. The minimum atomic E-state index is -1.73. The van der Waals surface area contributed by atoms with Crippen LogP contribution in [-0.2, 0) is 33.2 Å². The van der Waals surface area contributed by atoms with Gasteiger partial charge in [-0.2, -0.15) is 0 Å². The summed E-state index contributed by atoms with van der Waals surface area (Å²) in [6, 6.07) is 7.92. The Bertz CT molecular complexity index is 1350. The molecule has 15 heteroatoms. The highest BCUT2D eigenvalue weighted by atomic mass is 16.8. The van der Waals surface area contributed by atoms with E-state index < -0.39 is 91.6 Å². The van der Waals surface area contributed by atoms with Crippen LogP contribution < -0.4 is 0 Å². The van der Waals surface area contributed by atoms with Crippen LogP contribution in [-0.4, -0.2) is 121 Å². The predicted octanol–water partition coefficient (Wildman–Crippen LogP) is -0.479. The lowest BCUT2D eigenvalue weighted by molar-refractivity contribution is -0.384. The van der Waals surface area contributed by atoms with Crippen LogP contribution in [0.25, 0.3) is 6.08 Å². The average molecular weight is 623 g/mol. The van der Waals surface area contributed by atoms with Crippen LogP contribution in [0.3, 0.4) is 0 Å². The van der Waals surface area contributed by atoms with Gasteiger partial charge in [-0.3, -0.25) is 0 Å². The summed E-state index contributed by atoms with van der Waals surface area (Å²) in [4.78, 5) is 13.0.